The molecule has 1 saturated heterocycles. The first-order valence-electron chi connectivity index (χ1n) is 11.1. The number of aromatic nitrogens is 1. The van der Waals surface area contributed by atoms with Gasteiger partial charge in [-0.3, -0.25) is 14.5 Å². The number of aryl methyl sites for hydroxylation is 2. The average Bonchev–Trinajstić information content (AvgIpc) is 3.23. The number of thioether (sulfide) groups is 1. The topological polar surface area (TPSA) is 45.6 Å². The molecule has 3 aromatic rings. The molecule has 4 rings (SSSR count). The van der Waals surface area contributed by atoms with Crippen LogP contribution in [0.25, 0.3) is 11.8 Å². The van der Waals surface area contributed by atoms with Gasteiger partial charge < -0.3 is 9.47 Å². The molecule has 6 heteroatoms. The zero-order valence-corrected chi connectivity index (χ0v) is 20.4. The van der Waals surface area contributed by atoms with Crippen molar-refractivity contribution >= 4 is 34.7 Å². The van der Waals surface area contributed by atoms with E-state index < -0.39 is 0 Å². The van der Waals surface area contributed by atoms with Gasteiger partial charge in [0.1, 0.15) is 0 Å². The van der Waals surface area contributed by atoms with E-state index in [9.17, 15) is 9.59 Å². The number of carbonyl (C=O) groups excluding carboxylic acids is 2. The number of imide groups is 1. The third-order valence-electron chi connectivity index (χ3n) is 5.94. The predicted octanol–water partition coefficient (Wildman–Crippen LogP) is 5.83. The van der Waals surface area contributed by atoms with Crippen molar-refractivity contribution in [3.05, 3.63) is 88.1 Å². The minimum absolute atomic E-state index is 0.188. The Kier molecular flexibility index (Phi) is 6.75. The van der Waals surface area contributed by atoms with Crippen molar-refractivity contribution in [2.45, 2.75) is 26.7 Å². The molecule has 0 saturated carbocycles. The fraction of sp³-hybridized carbons (Fsp3) is 0.259. The molecular weight excluding hydrogens is 430 g/mol. The molecule has 2 aromatic carbocycles. The molecule has 5 nitrogen and oxygen atoms in total. The summed E-state index contributed by atoms with van der Waals surface area (Å²) >= 11 is 1.03. The first-order chi connectivity index (χ1) is 15.8. The van der Waals surface area contributed by atoms with Crippen LogP contribution in [0.4, 0.5) is 10.5 Å². The Morgan fingerprint density at radius 1 is 0.970 bits per heavy atom. The van der Waals surface area contributed by atoms with Crippen LogP contribution in [-0.4, -0.2) is 41.3 Å². The third kappa shape index (κ3) is 4.91. The number of nitrogens with zero attached hydrogens (tertiary/aromatic N) is 3. The Bertz CT molecular complexity index is 1190. The van der Waals surface area contributed by atoms with Gasteiger partial charge in [-0.25, -0.2) is 0 Å². The number of hydrogen-bond donors (Lipinski definition) is 0. The molecule has 0 bridgehead atoms. The smallest absolute Gasteiger partial charge is 0.293 e. The number of carbonyl (C=O) groups is 2. The van der Waals surface area contributed by atoms with Gasteiger partial charge in [-0.2, -0.15) is 0 Å². The lowest BCUT2D eigenvalue weighted by atomic mass is 10.1. The molecule has 0 atom stereocenters. The Morgan fingerprint density at radius 3 is 2.33 bits per heavy atom. The van der Waals surface area contributed by atoms with E-state index in [1.807, 2.05) is 45.3 Å². The zero-order valence-electron chi connectivity index (χ0n) is 19.5. The quantitative estimate of drug-likeness (QED) is 0.417. The van der Waals surface area contributed by atoms with Crippen LogP contribution in [0.2, 0.25) is 0 Å². The molecule has 1 fully saturated rings. The van der Waals surface area contributed by atoms with Gasteiger partial charge in [0.2, 0.25) is 0 Å². The fourth-order valence-corrected chi connectivity index (χ4v) is 5.01. The summed E-state index contributed by atoms with van der Waals surface area (Å²) in [5, 5.41) is -0.188. The van der Waals surface area contributed by atoms with E-state index in [-0.39, 0.29) is 11.1 Å². The van der Waals surface area contributed by atoms with Crippen LogP contribution in [0.15, 0.2) is 65.6 Å². The van der Waals surface area contributed by atoms with Gasteiger partial charge in [0.05, 0.1) is 4.91 Å². The first kappa shape index (κ1) is 22.9. The van der Waals surface area contributed by atoms with Crippen LogP contribution in [-0.2, 0) is 11.2 Å². The first-order valence-corrected chi connectivity index (χ1v) is 11.9. The molecule has 33 heavy (non-hydrogen) atoms. The average molecular weight is 460 g/mol. The maximum atomic E-state index is 12.9. The molecule has 0 N–H and O–H groups in total. The highest BCUT2D eigenvalue weighted by atomic mass is 32.2. The van der Waals surface area contributed by atoms with Crippen molar-refractivity contribution in [3.8, 4) is 5.69 Å². The van der Waals surface area contributed by atoms with Crippen LogP contribution >= 0.6 is 11.8 Å². The number of rotatable bonds is 7. The van der Waals surface area contributed by atoms with Crippen molar-refractivity contribution in [2.75, 3.05) is 25.5 Å². The minimum Gasteiger partial charge on any atom is -0.378 e. The Labute approximate surface area is 199 Å². The molecule has 0 aliphatic carbocycles. The van der Waals surface area contributed by atoms with Gasteiger partial charge in [-0.15, -0.1) is 0 Å². The molecule has 1 aliphatic rings. The second-order valence-corrected chi connectivity index (χ2v) is 9.49. The molecule has 0 radical (unpaired) electrons. The maximum absolute atomic E-state index is 12.9. The van der Waals surface area contributed by atoms with Crippen molar-refractivity contribution in [1.29, 1.82) is 0 Å². The summed E-state index contributed by atoms with van der Waals surface area (Å²) in [4.78, 5) is 29.4. The standard InChI is InChI=1S/C27H29N3O2S/c1-19-17-22(20(2)30(19)24-14-12-23(13-15-24)28(3)4)18-25-26(31)29(27(32)33-25)16-8-11-21-9-6-5-7-10-21/h5-7,9-10,12-15,17-18H,8,11,16H2,1-4H3/b25-18+. The highest BCUT2D eigenvalue weighted by Gasteiger charge is 2.34. The lowest BCUT2D eigenvalue weighted by Crippen LogP contribution is -2.29. The van der Waals surface area contributed by atoms with Crippen LogP contribution < -0.4 is 4.90 Å². The minimum atomic E-state index is -0.196. The molecule has 2 heterocycles. The summed E-state index contributed by atoms with van der Waals surface area (Å²) in [5.41, 5.74) is 6.51. The van der Waals surface area contributed by atoms with Crippen molar-refractivity contribution < 1.29 is 9.59 Å². The Morgan fingerprint density at radius 2 is 1.67 bits per heavy atom. The molecular formula is C27H29N3O2S. The summed E-state index contributed by atoms with van der Waals surface area (Å²) in [6.07, 6.45) is 3.46. The number of hydrogen-bond acceptors (Lipinski definition) is 4. The molecule has 0 spiro atoms. The van der Waals surface area contributed by atoms with Crippen molar-refractivity contribution in [1.82, 2.24) is 9.47 Å². The number of benzene rings is 2. The zero-order chi connectivity index (χ0) is 23.5. The highest BCUT2D eigenvalue weighted by Crippen LogP contribution is 2.34. The van der Waals surface area contributed by atoms with Gasteiger partial charge in [-0.1, -0.05) is 30.3 Å². The summed E-state index contributed by atoms with van der Waals surface area (Å²) < 4.78 is 2.18. The van der Waals surface area contributed by atoms with E-state index >= 15 is 0 Å². The molecule has 1 aliphatic heterocycles. The SMILES string of the molecule is Cc1cc(/C=C2/SC(=O)N(CCCc3ccccc3)C2=O)c(C)n1-c1ccc(N(C)C)cc1. The van der Waals surface area contributed by atoms with Crippen LogP contribution in [0.3, 0.4) is 0 Å². The Balaban J connectivity index is 1.50. The van der Waals surface area contributed by atoms with Gasteiger partial charge in [0.25, 0.3) is 11.1 Å². The normalized spacial score (nSPS) is 15.0. The van der Waals surface area contributed by atoms with Gasteiger partial charge in [0.15, 0.2) is 0 Å². The van der Waals surface area contributed by atoms with Crippen LogP contribution in [0.5, 0.6) is 0 Å². The fourth-order valence-electron chi connectivity index (χ4n) is 4.15. The second kappa shape index (κ2) is 9.71. The summed E-state index contributed by atoms with van der Waals surface area (Å²) in [6, 6.07) is 20.6. The van der Waals surface area contributed by atoms with E-state index in [4.69, 9.17) is 0 Å². The van der Waals surface area contributed by atoms with E-state index in [0.29, 0.717) is 11.4 Å². The third-order valence-corrected chi connectivity index (χ3v) is 6.85. The van der Waals surface area contributed by atoms with Gasteiger partial charge >= 0.3 is 0 Å². The van der Waals surface area contributed by atoms with Crippen LogP contribution in [0, 0.1) is 13.8 Å². The maximum Gasteiger partial charge on any atom is 0.293 e. The second-order valence-electron chi connectivity index (χ2n) is 8.50. The summed E-state index contributed by atoms with van der Waals surface area (Å²) in [5.74, 6) is -0.196. The molecule has 0 unspecified atom stereocenters. The van der Waals surface area contributed by atoms with E-state index in [1.54, 1.807) is 0 Å². The van der Waals surface area contributed by atoms with Crippen molar-refractivity contribution in [2.24, 2.45) is 0 Å². The lowest BCUT2D eigenvalue weighted by Gasteiger charge is -2.15. The van der Waals surface area contributed by atoms with E-state index in [2.05, 4.69) is 58.9 Å². The number of amides is 2. The molecule has 1 aromatic heterocycles. The largest absolute Gasteiger partial charge is 0.378 e. The number of anilines is 1. The Hall–Kier alpha value is -3.25. The van der Waals surface area contributed by atoms with E-state index in [1.165, 1.54) is 10.5 Å². The van der Waals surface area contributed by atoms with Crippen molar-refractivity contribution in [3.63, 3.8) is 0 Å². The van der Waals surface area contributed by atoms with Gasteiger partial charge in [0, 0.05) is 43.4 Å². The monoisotopic (exact) mass is 459 g/mol. The summed E-state index contributed by atoms with van der Waals surface area (Å²) in [7, 11) is 4.04. The predicted molar refractivity (Wildman–Crippen MR) is 137 cm³/mol. The highest BCUT2D eigenvalue weighted by molar-refractivity contribution is 8.18. The van der Waals surface area contributed by atoms with E-state index in [0.717, 1.165) is 52.9 Å². The molecule has 170 valence electrons. The van der Waals surface area contributed by atoms with Gasteiger partial charge in [-0.05, 0) is 86.0 Å². The lowest BCUT2D eigenvalue weighted by molar-refractivity contribution is -0.122. The molecule has 2 amide bonds. The van der Waals surface area contributed by atoms with Crippen LogP contribution in [0.1, 0.15) is 28.9 Å². The summed E-state index contributed by atoms with van der Waals surface area (Å²) in [6.45, 7) is 4.54.